The van der Waals surface area contributed by atoms with Gasteiger partial charge in [0.1, 0.15) is 0 Å². The van der Waals surface area contributed by atoms with Gasteiger partial charge in [0.15, 0.2) is 0 Å². The molecule has 0 heterocycles. The van der Waals surface area contributed by atoms with E-state index in [2.05, 4.69) is 219 Å². The highest BCUT2D eigenvalue weighted by molar-refractivity contribution is 5.98. The van der Waals surface area contributed by atoms with Crippen LogP contribution in [0.2, 0.25) is 0 Å². The molecule has 0 spiro atoms. The van der Waals surface area contributed by atoms with Gasteiger partial charge in [0, 0.05) is 22.4 Å². The Morgan fingerprint density at radius 3 is 1.64 bits per heavy atom. The molecule has 0 fully saturated rings. The molecule has 0 radical (unpaired) electrons. The summed E-state index contributed by atoms with van der Waals surface area (Å²) >= 11 is 0. The van der Waals surface area contributed by atoms with Gasteiger partial charge >= 0.3 is 0 Å². The van der Waals surface area contributed by atoms with E-state index in [1.165, 1.54) is 72.4 Å². The fourth-order valence-corrected chi connectivity index (χ4v) is 9.35. The fraction of sp³-hybridized carbons (Fsp3) is 0.0769. The lowest BCUT2D eigenvalue weighted by molar-refractivity contribution is 0.660. The van der Waals surface area contributed by atoms with Gasteiger partial charge in [-0.3, -0.25) is 0 Å². The zero-order valence-electron chi connectivity index (χ0n) is 30.0. The van der Waals surface area contributed by atoms with Crippen LogP contribution in [-0.4, -0.2) is 0 Å². The van der Waals surface area contributed by atoms with Gasteiger partial charge in [-0.2, -0.15) is 0 Å². The Labute approximate surface area is 312 Å². The standard InChI is InChI=1S/C52H39N/c1-51(2)45-25-14-12-23-42(45)43-34-33-41(35-48(43)51)53(40-21-10-5-11-22-40)49-28-16-27-47-50(49)44-24-13-15-26-46(44)52(47,38-19-8-4-9-20-38)39-31-29-37(30-32-39)36-17-6-3-7-18-36/h3-35H,1-2H3. The number of para-hydroxylation sites is 1. The van der Waals surface area contributed by atoms with E-state index in [1.807, 2.05) is 0 Å². The van der Waals surface area contributed by atoms with Crippen LogP contribution < -0.4 is 4.90 Å². The van der Waals surface area contributed by atoms with Crippen LogP contribution in [0.25, 0.3) is 33.4 Å². The summed E-state index contributed by atoms with van der Waals surface area (Å²) in [6.45, 7) is 4.73. The maximum Gasteiger partial charge on any atom is 0.0714 e. The van der Waals surface area contributed by atoms with Crippen LogP contribution in [0.1, 0.15) is 47.2 Å². The van der Waals surface area contributed by atoms with E-state index >= 15 is 0 Å². The van der Waals surface area contributed by atoms with Crippen LogP contribution in [0.3, 0.4) is 0 Å². The lowest BCUT2D eigenvalue weighted by atomic mass is 9.67. The Morgan fingerprint density at radius 2 is 0.906 bits per heavy atom. The van der Waals surface area contributed by atoms with Crippen LogP contribution >= 0.6 is 0 Å². The third-order valence-corrected chi connectivity index (χ3v) is 11.8. The molecule has 1 heteroatoms. The van der Waals surface area contributed by atoms with Crippen molar-refractivity contribution < 1.29 is 0 Å². The Hall–Kier alpha value is -6.44. The second kappa shape index (κ2) is 12.1. The van der Waals surface area contributed by atoms with Crippen molar-refractivity contribution in [2.24, 2.45) is 0 Å². The molecule has 1 unspecified atom stereocenters. The highest BCUT2D eigenvalue weighted by atomic mass is 15.1. The Balaban J connectivity index is 1.23. The third kappa shape index (κ3) is 4.64. The first-order valence-corrected chi connectivity index (χ1v) is 18.6. The van der Waals surface area contributed by atoms with Crippen LogP contribution in [0.5, 0.6) is 0 Å². The Kier molecular flexibility index (Phi) is 7.13. The molecule has 0 aliphatic heterocycles. The lowest BCUT2D eigenvalue weighted by Gasteiger charge is -2.34. The number of hydrogen-bond acceptors (Lipinski definition) is 1. The summed E-state index contributed by atoms with van der Waals surface area (Å²) in [5.74, 6) is 0. The number of hydrogen-bond donors (Lipinski definition) is 0. The molecule has 0 aromatic heterocycles. The smallest absolute Gasteiger partial charge is 0.0714 e. The van der Waals surface area contributed by atoms with Crippen molar-refractivity contribution in [1.82, 2.24) is 0 Å². The minimum Gasteiger partial charge on any atom is -0.310 e. The predicted molar refractivity (Wildman–Crippen MR) is 221 cm³/mol. The quantitative estimate of drug-likeness (QED) is 0.169. The lowest BCUT2D eigenvalue weighted by Crippen LogP contribution is -2.28. The van der Waals surface area contributed by atoms with Crippen molar-refractivity contribution in [3.63, 3.8) is 0 Å². The van der Waals surface area contributed by atoms with E-state index in [9.17, 15) is 0 Å². The normalized spacial score (nSPS) is 16.0. The first-order valence-electron chi connectivity index (χ1n) is 18.6. The molecule has 1 nitrogen and oxygen atoms in total. The monoisotopic (exact) mass is 677 g/mol. The van der Waals surface area contributed by atoms with Gasteiger partial charge < -0.3 is 4.90 Å². The third-order valence-electron chi connectivity index (χ3n) is 11.8. The second-order valence-electron chi connectivity index (χ2n) is 14.9. The molecule has 53 heavy (non-hydrogen) atoms. The molecule has 1 atom stereocenters. The SMILES string of the molecule is CC1(C)c2ccccc2-c2ccc(N(c3ccccc3)c3cccc4c3-c3ccccc3C4(c3ccccc3)c3ccc(-c4ccccc4)cc3)cc21. The highest BCUT2D eigenvalue weighted by Crippen LogP contribution is 2.60. The fourth-order valence-electron chi connectivity index (χ4n) is 9.35. The van der Waals surface area contributed by atoms with Crippen LogP contribution in [0.4, 0.5) is 17.1 Å². The summed E-state index contributed by atoms with van der Waals surface area (Å²) in [4.78, 5) is 2.48. The summed E-state index contributed by atoms with van der Waals surface area (Å²) in [7, 11) is 0. The highest BCUT2D eigenvalue weighted by Gasteiger charge is 2.47. The minimum absolute atomic E-state index is 0.107. The predicted octanol–water partition coefficient (Wildman–Crippen LogP) is 13.5. The first-order chi connectivity index (χ1) is 26.1. The van der Waals surface area contributed by atoms with Crippen molar-refractivity contribution >= 4 is 17.1 Å². The minimum atomic E-state index is -0.512. The van der Waals surface area contributed by atoms with E-state index < -0.39 is 5.41 Å². The average molecular weight is 678 g/mol. The Morgan fingerprint density at radius 1 is 0.358 bits per heavy atom. The van der Waals surface area contributed by atoms with Gasteiger partial charge in [-0.05, 0) is 91.5 Å². The molecule has 0 saturated carbocycles. The van der Waals surface area contributed by atoms with Crippen molar-refractivity contribution in [3.8, 4) is 33.4 Å². The summed E-state index contributed by atoms with van der Waals surface area (Å²) in [6.07, 6.45) is 0. The molecule has 0 saturated heterocycles. The van der Waals surface area contributed by atoms with Crippen molar-refractivity contribution in [2.45, 2.75) is 24.7 Å². The first kappa shape index (κ1) is 31.3. The van der Waals surface area contributed by atoms with E-state index in [0.29, 0.717) is 0 Å². The van der Waals surface area contributed by atoms with Crippen LogP contribution in [-0.2, 0) is 10.8 Å². The molecule has 252 valence electrons. The van der Waals surface area contributed by atoms with Crippen LogP contribution in [0, 0.1) is 0 Å². The Bertz CT molecular complexity index is 2620. The van der Waals surface area contributed by atoms with E-state index in [-0.39, 0.29) is 5.41 Å². The van der Waals surface area contributed by atoms with Gasteiger partial charge in [-0.15, -0.1) is 0 Å². The largest absolute Gasteiger partial charge is 0.310 e. The maximum absolute atomic E-state index is 2.48. The van der Waals surface area contributed by atoms with Gasteiger partial charge in [0.25, 0.3) is 0 Å². The van der Waals surface area contributed by atoms with Crippen molar-refractivity contribution in [3.05, 3.63) is 234 Å². The van der Waals surface area contributed by atoms with E-state index in [4.69, 9.17) is 0 Å². The topological polar surface area (TPSA) is 3.24 Å². The summed E-state index contributed by atoms with van der Waals surface area (Å²) in [6, 6.07) is 73.9. The molecule has 0 amide bonds. The van der Waals surface area contributed by atoms with Crippen LogP contribution in [0.15, 0.2) is 200 Å². The summed E-state index contributed by atoms with van der Waals surface area (Å²) in [5, 5.41) is 0. The molecule has 10 rings (SSSR count). The summed E-state index contributed by atoms with van der Waals surface area (Å²) in [5.41, 5.74) is 18.4. The number of nitrogens with zero attached hydrogens (tertiary/aromatic N) is 1. The number of fused-ring (bicyclic) bond motifs is 6. The molecule has 8 aromatic rings. The average Bonchev–Trinajstić information content (AvgIpc) is 3.65. The van der Waals surface area contributed by atoms with E-state index in [0.717, 1.165) is 11.4 Å². The van der Waals surface area contributed by atoms with Crippen molar-refractivity contribution in [2.75, 3.05) is 4.90 Å². The zero-order valence-corrected chi connectivity index (χ0v) is 30.0. The maximum atomic E-state index is 2.48. The van der Waals surface area contributed by atoms with Gasteiger partial charge in [-0.1, -0.05) is 184 Å². The zero-order chi connectivity index (χ0) is 35.6. The molecule has 0 N–H and O–H groups in total. The number of anilines is 3. The van der Waals surface area contributed by atoms with E-state index in [1.54, 1.807) is 0 Å². The van der Waals surface area contributed by atoms with Gasteiger partial charge in [0.2, 0.25) is 0 Å². The van der Waals surface area contributed by atoms with Gasteiger partial charge in [-0.25, -0.2) is 0 Å². The second-order valence-corrected chi connectivity index (χ2v) is 14.9. The summed E-state index contributed by atoms with van der Waals surface area (Å²) < 4.78 is 0. The number of rotatable bonds is 6. The van der Waals surface area contributed by atoms with Gasteiger partial charge in [0.05, 0.1) is 11.1 Å². The molecule has 0 bridgehead atoms. The molecule has 2 aliphatic rings. The molecule has 2 aliphatic carbocycles. The number of benzene rings is 8. The molecular formula is C52H39N. The molecule has 8 aromatic carbocycles. The van der Waals surface area contributed by atoms with Crippen molar-refractivity contribution in [1.29, 1.82) is 0 Å². The molecular weight excluding hydrogens is 639 g/mol.